The number of nitrogens with one attached hydrogen (secondary N) is 2. The number of carbonyl (C=O) groups is 2. The van der Waals surface area contributed by atoms with Crippen molar-refractivity contribution in [2.75, 3.05) is 24.7 Å². The molecule has 2 aromatic carbocycles. The van der Waals surface area contributed by atoms with Gasteiger partial charge in [0, 0.05) is 25.6 Å². The van der Waals surface area contributed by atoms with Crippen LogP contribution in [0.4, 0.5) is 5.69 Å². The predicted molar refractivity (Wildman–Crippen MR) is 112 cm³/mol. The van der Waals surface area contributed by atoms with E-state index in [0.29, 0.717) is 43.7 Å². The summed E-state index contributed by atoms with van der Waals surface area (Å²) in [5, 5.41) is 5.71. The van der Waals surface area contributed by atoms with Crippen molar-refractivity contribution in [2.45, 2.75) is 19.4 Å². The number of hydrogen-bond acceptors (Lipinski definition) is 4. The van der Waals surface area contributed by atoms with Gasteiger partial charge in [-0.05, 0) is 30.5 Å². The molecule has 1 heterocycles. The van der Waals surface area contributed by atoms with Crippen LogP contribution in [0.2, 0.25) is 0 Å². The highest BCUT2D eigenvalue weighted by molar-refractivity contribution is 7.88. The molecule has 3 rings (SSSR count). The summed E-state index contributed by atoms with van der Waals surface area (Å²) in [6.45, 7) is 1.05. The molecule has 7 nitrogen and oxygen atoms in total. The summed E-state index contributed by atoms with van der Waals surface area (Å²) < 4.78 is 24.6. The number of nitrogens with zero attached hydrogens (tertiary/aromatic N) is 1. The summed E-state index contributed by atoms with van der Waals surface area (Å²) in [7, 11) is -3.23. The molecule has 1 aliphatic heterocycles. The first-order chi connectivity index (χ1) is 13.8. The van der Waals surface area contributed by atoms with E-state index in [4.69, 9.17) is 0 Å². The Balaban J connectivity index is 1.61. The third-order valence-electron chi connectivity index (χ3n) is 5.02. The van der Waals surface area contributed by atoms with E-state index in [0.717, 1.165) is 5.56 Å². The highest BCUT2D eigenvalue weighted by atomic mass is 32.2. The number of carbonyl (C=O) groups excluding carboxylic acids is 2. The monoisotopic (exact) mass is 415 g/mol. The van der Waals surface area contributed by atoms with Gasteiger partial charge in [0.05, 0.1) is 17.5 Å². The molecule has 0 spiro atoms. The third-order valence-corrected chi connectivity index (χ3v) is 6.32. The van der Waals surface area contributed by atoms with E-state index in [1.54, 1.807) is 24.3 Å². The molecule has 2 amide bonds. The normalized spacial score (nSPS) is 15.6. The zero-order valence-corrected chi connectivity index (χ0v) is 17.1. The van der Waals surface area contributed by atoms with Crippen molar-refractivity contribution in [3.63, 3.8) is 0 Å². The first-order valence-electron chi connectivity index (χ1n) is 9.52. The van der Waals surface area contributed by atoms with Crippen LogP contribution in [0.5, 0.6) is 0 Å². The van der Waals surface area contributed by atoms with Gasteiger partial charge in [-0.1, -0.05) is 42.5 Å². The van der Waals surface area contributed by atoms with Gasteiger partial charge in [-0.25, -0.2) is 12.7 Å². The molecule has 2 N–H and O–H groups in total. The highest BCUT2D eigenvalue weighted by Gasteiger charge is 2.29. The fourth-order valence-corrected chi connectivity index (χ4v) is 4.22. The van der Waals surface area contributed by atoms with Crippen molar-refractivity contribution >= 4 is 27.5 Å². The average molecular weight is 416 g/mol. The van der Waals surface area contributed by atoms with Gasteiger partial charge >= 0.3 is 0 Å². The second kappa shape index (κ2) is 9.19. The van der Waals surface area contributed by atoms with Crippen molar-refractivity contribution in [3.8, 4) is 0 Å². The number of piperidine rings is 1. The minimum Gasteiger partial charge on any atom is -0.348 e. The summed E-state index contributed by atoms with van der Waals surface area (Å²) in [4.78, 5) is 25.3. The average Bonchev–Trinajstić information content (AvgIpc) is 2.72. The largest absolute Gasteiger partial charge is 0.348 e. The maximum atomic E-state index is 12.7. The standard InChI is InChI=1S/C21H25N3O4S/c1-29(27,28)24-13-11-17(12-14-24)20(25)23-19-10-6-5-9-18(19)21(26)22-15-16-7-3-2-4-8-16/h2-10,17H,11-15H2,1H3,(H,22,26)(H,23,25). The number of benzene rings is 2. The van der Waals surface area contributed by atoms with Gasteiger partial charge in [-0.3, -0.25) is 9.59 Å². The molecule has 2 aromatic rings. The number of anilines is 1. The smallest absolute Gasteiger partial charge is 0.253 e. The van der Waals surface area contributed by atoms with E-state index in [-0.39, 0.29) is 17.7 Å². The Hall–Kier alpha value is -2.71. The van der Waals surface area contributed by atoms with E-state index in [2.05, 4.69) is 10.6 Å². The Labute approximate surface area is 171 Å². The molecule has 0 radical (unpaired) electrons. The van der Waals surface area contributed by atoms with Crippen LogP contribution in [-0.4, -0.2) is 43.9 Å². The predicted octanol–water partition coefficient (Wildman–Crippen LogP) is 2.23. The van der Waals surface area contributed by atoms with Crippen molar-refractivity contribution in [3.05, 3.63) is 65.7 Å². The topological polar surface area (TPSA) is 95.6 Å². The van der Waals surface area contributed by atoms with E-state index in [1.807, 2.05) is 30.3 Å². The van der Waals surface area contributed by atoms with Crippen LogP contribution in [0.25, 0.3) is 0 Å². The molecule has 0 bridgehead atoms. The molecule has 1 aliphatic rings. The summed E-state index contributed by atoms with van der Waals surface area (Å²) in [6.07, 6.45) is 2.10. The van der Waals surface area contributed by atoms with Crippen LogP contribution in [0, 0.1) is 5.92 Å². The number of sulfonamides is 1. The van der Waals surface area contributed by atoms with Crippen LogP contribution in [0.3, 0.4) is 0 Å². The molecular weight excluding hydrogens is 390 g/mol. The lowest BCUT2D eigenvalue weighted by molar-refractivity contribution is -0.120. The lowest BCUT2D eigenvalue weighted by atomic mass is 9.97. The molecule has 0 atom stereocenters. The van der Waals surface area contributed by atoms with Gasteiger partial charge in [-0.2, -0.15) is 0 Å². The van der Waals surface area contributed by atoms with Crippen LogP contribution in [0.1, 0.15) is 28.8 Å². The lowest BCUT2D eigenvalue weighted by Gasteiger charge is -2.29. The number of amides is 2. The fraction of sp³-hybridized carbons (Fsp3) is 0.333. The van der Waals surface area contributed by atoms with Crippen LogP contribution < -0.4 is 10.6 Å². The number of rotatable bonds is 6. The van der Waals surface area contributed by atoms with Crippen molar-refractivity contribution in [1.29, 1.82) is 0 Å². The van der Waals surface area contributed by atoms with Crippen molar-refractivity contribution in [1.82, 2.24) is 9.62 Å². The summed E-state index contributed by atoms with van der Waals surface area (Å²) in [5.41, 5.74) is 1.83. The van der Waals surface area contributed by atoms with E-state index >= 15 is 0 Å². The first kappa shape index (κ1) is 21.0. The third kappa shape index (κ3) is 5.65. The molecule has 1 fully saturated rings. The molecule has 154 valence electrons. The highest BCUT2D eigenvalue weighted by Crippen LogP contribution is 2.22. The minimum absolute atomic E-state index is 0.193. The van der Waals surface area contributed by atoms with Gasteiger partial charge in [0.2, 0.25) is 15.9 Å². The minimum atomic E-state index is -3.23. The SMILES string of the molecule is CS(=O)(=O)N1CCC(C(=O)Nc2ccccc2C(=O)NCc2ccccc2)CC1. The maximum Gasteiger partial charge on any atom is 0.253 e. The van der Waals surface area contributed by atoms with Gasteiger partial charge in [0.15, 0.2) is 0 Å². The zero-order valence-electron chi connectivity index (χ0n) is 16.3. The van der Waals surface area contributed by atoms with Crippen LogP contribution >= 0.6 is 0 Å². The van der Waals surface area contributed by atoms with Crippen LogP contribution in [-0.2, 0) is 21.4 Å². The van der Waals surface area contributed by atoms with Crippen molar-refractivity contribution < 1.29 is 18.0 Å². The Kier molecular flexibility index (Phi) is 6.66. The van der Waals surface area contributed by atoms with Gasteiger partial charge in [0.25, 0.3) is 5.91 Å². The fourth-order valence-electron chi connectivity index (χ4n) is 3.35. The van der Waals surface area contributed by atoms with Gasteiger partial charge in [-0.15, -0.1) is 0 Å². The number of para-hydroxylation sites is 1. The first-order valence-corrected chi connectivity index (χ1v) is 11.4. The van der Waals surface area contributed by atoms with E-state index in [9.17, 15) is 18.0 Å². The Morgan fingerprint density at radius 3 is 2.28 bits per heavy atom. The molecule has 0 aromatic heterocycles. The quantitative estimate of drug-likeness (QED) is 0.756. The number of hydrogen-bond donors (Lipinski definition) is 2. The molecule has 0 saturated carbocycles. The molecular formula is C21H25N3O4S. The summed E-state index contributed by atoms with van der Waals surface area (Å²) >= 11 is 0. The second-order valence-electron chi connectivity index (χ2n) is 7.14. The maximum absolute atomic E-state index is 12.7. The molecule has 29 heavy (non-hydrogen) atoms. The molecule has 8 heteroatoms. The molecule has 0 aliphatic carbocycles. The second-order valence-corrected chi connectivity index (χ2v) is 9.12. The zero-order chi connectivity index (χ0) is 20.9. The van der Waals surface area contributed by atoms with Gasteiger partial charge in [0.1, 0.15) is 0 Å². The molecule has 1 saturated heterocycles. The van der Waals surface area contributed by atoms with E-state index in [1.165, 1.54) is 10.6 Å². The van der Waals surface area contributed by atoms with E-state index < -0.39 is 10.0 Å². The molecule has 0 unspecified atom stereocenters. The Morgan fingerprint density at radius 1 is 1.00 bits per heavy atom. The Bertz CT molecular complexity index is 968. The summed E-state index contributed by atoms with van der Waals surface area (Å²) in [6, 6.07) is 16.5. The van der Waals surface area contributed by atoms with Crippen molar-refractivity contribution in [2.24, 2.45) is 5.92 Å². The Morgan fingerprint density at radius 2 is 1.62 bits per heavy atom. The van der Waals surface area contributed by atoms with Gasteiger partial charge < -0.3 is 10.6 Å². The van der Waals surface area contributed by atoms with Crippen LogP contribution in [0.15, 0.2) is 54.6 Å². The summed E-state index contributed by atoms with van der Waals surface area (Å²) in [5.74, 6) is -0.744. The lowest BCUT2D eigenvalue weighted by Crippen LogP contribution is -2.41.